The standard InChI is InChI=1S/C11H10N2O5/c1-7-2-3-9(13(17)18)8(6-7)12-10(14)4-5-11(15)16/h2-6H,1H3,(H,12,14)(H,15,16)/b5-4+. The van der Waals surface area contributed by atoms with E-state index in [9.17, 15) is 19.7 Å². The third-order valence-corrected chi connectivity index (χ3v) is 1.98. The largest absolute Gasteiger partial charge is 0.478 e. The molecule has 7 heteroatoms. The van der Waals surface area contributed by atoms with Crippen molar-refractivity contribution in [2.45, 2.75) is 6.92 Å². The van der Waals surface area contributed by atoms with Crippen molar-refractivity contribution in [1.29, 1.82) is 0 Å². The van der Waals surface area contributed by atoms with Crippen molar-refractivity contribution in [2.24, 2.45) is 0 Å². The Morgan fingerprint density at radius 1 is 1.39 bits per heavy atom. The molecule has 18 heavy (non-hydrogen) atoms. The lowest BCUT2D eigenvalue weighted by Crippen LogP contribution is -2.10. The average molecular weight is 250 g/mol. The molecule has 0 heterocycles. The Labute approximate surface area is 102 Å². The van der Waals surface area contributed by atoms with Gasteiger partial charge in [0.05, 0.1) is 4.92 Å². The first-order chi connectivity index (χ1) is 8.40. The van der Waals surface area contributed by atoms with Gasteiger partial charge in [0.25, 0.3) is 5.69 Å². The summed E-state index contributed by atoms with van der Waals surface area (Å²) in [5.41, 5.74) is 0.510. The molecule has 0 atom stereocenters. The summed E-state index contributed by atoms with van der Waals surface area (Å²) in [5, 5.41) is 21.3. The predicted octanol–water partition coefficient (Wildman–Crippen LogP) is 1.48. The fraction of sp³-hybridized carbons (Fsp3) is 0.0909. The van der Waals surface area contributed by atoms with Crippen LogP contribution in [-0.2, 0) is 9.59 Å². The van der Waals surface area contributed by atoms with E-state index in [1.54, 1.807) is 13.0 Å². The SMILES string of the molecule is Cc1ccc([N+](=O)[O-])c(NC(=O)/C=C/C(=O)O)c1. The lowest BCUT2D eigenvalue weighted by atomic mass is 10.2. The number of nitro benzene ring substituents is 1. The molecule has 0 aliphatic heterocycles. The molecule has 0 aliphatic carbocycles. The van der Waals surface area contributed by atoms with Gasteiger partial charge < -0.3 is 10.4 Å². The topological polar surface area (TPSA) is 110 Å². The minimum absolute atomic E-state index is 0.0278. The van der Waals surface area contributed by atoms with E-state index in [-0.39, 0.29) is 11.4 Å². The van der Waals surface area contributed by atoms with E-state index in [1.165, 1.54) is 12.1 Å². The number of nitrogens with one attached hydrogen (secondary N) is 1. The maximum Gasteiger partial charge on any atom is 0.328 e. The molecule has 1 amide bonds. The third-order valence-electron chi connectivity index (χ3n) is 1.98. The molecule has 0 unspecified atom stereocenters. The van der Waals surface area contributed by atoms with Gasteiger partial charge in [-0.05, 0) is 18.6 Å². The highest BCUT2D eigenvalue weighted by molar-refractivity contribution is 6.03. The molecule has 2 N–H and O–H groups in total. The second-order valence-electron chi connectivity index (χ2n) is 3.44. The van der Waals surface area contributed by atoms with Crippen molar-refractivity contribution in [1.82, 2.24) is 0 Å². The molecule has 1 rings (SSSR count). The molecular weight excluding hydrogens is 240 g/mol. The van der Waals surface area contributed by atoms with Crippen LogP contribution in [-0.4, -0.2) is 21.9 Å². The molecular formula is C11H10N2O5. The van der Waals surface area contributed by atoms with E-state index in [2.05, 4.69) is 5.32 Å². The zero-order valence-corrected chi connectivity index (χ0v) is 9.41. The predicted molar refractivity (Wildman–Crippen MR) is 63.2 cm³/mol. The van der Waals surface area contributed by atoms with Gasteiger partial charge in [0.2, 0.25) is 5.91 Å². The number of hydrogen-bond acceptors (Lipinski definition) is 4. The molecule has 94 valence electrons. The van der Waals surface area contributed by atoms with Crippen molar-refractivity contribution in [2.75, 3.05) is 5.32 Å². The van der Waals surface area contributed by atoms with E-state index in [0.717, 1.165) is 11.6 Å². The van der Waals surface area contributed by atoms with Crippen LogP contribution in [0.4, 0.5) is 11.4 Å². The molecule has 0 saturated heterocycles. The van der Waals surface area contributed by atoms with E-state index >= 15 is 0 Å². The Kier molecular flexibility index (Phi) is 4.14. The lowest BCUT2D eigenvalue weighted by Gasteiger charge is -2.04. The first-order valence-electron chi connectivity index (χ1n) is 4.87. The van der Waals surface area contributed by atoms with Crippen molar-refractivity contribution < 1.29 is 19.6 Å². The molecule has 0 saturated carbocycles. The van der Waals surface area contributed by atoms with Gasteiger partial charge in [-0.25, -0.2) is 4.79 Å². The van der Waals surface area contributed by atoms with Crippen LogP contribution in [0.5, 0.6) is 0 Å². The van der Waals surface area contributed by atoms with Crippen molar-refractivity contribution in [3.8, 4) is 0 Å². The number of benzene rings is 1. The molecule has 7 nitrogen and oxygen atoms in total. The van der Waals surface area contributed by atoms with E-state index < -0.39 is 16.8 Å². The second-order valence-corrected chi connectivity index (χ2v) is 3.44. The smallest absolute Gasteiger partial charge is 0.328 e. The summed E-state index contributed by atoms with van der Waals surface area (Å²) in [6.45, 7) is 1.71. The van der Waals surface area contributed by atoms with Crippen LogP contribution >= 0.6 is 0 Å². The highest BCUT2D eigenvalue weighted by Crippen LogP contribution is 2.25. The number of carboxylic acids is 1. The number of carbonyl (C=O) groups is 2. The Balaban J connectivity index is 2.96. The number of hydrogen-bond donors (Lipinski definition) is 2. The van der Waals surface area contributed by atoms with Crippen LogP contribution in [0.2, 0.25) is 0 Å². The average Bonchev–Trinajstić information content (AvgIpc) is 2.26. The van der Waals surface area contributed by atoms with Gasteiger partial charge in [0.1, 0.15) is 5.69 Å². The summed E-state index contributed by atoms with van der Waals surface area (Å²) in [6, 6.07) is 4.25. The number of carboxylic acid groups (broad SMARTS) is 1. The highest BCUT2D eigenvalue weighted by Gasteiger charge is 2.14. The van der Waals surface area contributed by atoms with Crippen LogP contribution < -0.4 is 5.32 Å². The lowest BCUT2D eigenvalue weighted by molar-refractivity contribution is -0.383. The van der Waals surface area contributed by atoms with Gasteiger partial charge in [-0.3, -0.25) is 14.9 Å². The monoisotopic (exact) mass is 250 g/mol. The Bertz CT molecular complexity index is 536. The number of rotatable bonds is 4. The van der Waals surface area contributed by atoms with Gasteiger partial charge in [0, 0.05) is 18.2 Å². The van der Waals surface area contributed by atoms with Crippen LogP contribution in [0, 0.1) is 17.0 Å². The summed E-state index contributed by atoms with van der Waals surface area (Å²) >= 11 is 0. The zero-order valence-electron chi connectivity index (χ0n) is 9.41. The zero-order chi connectivity index (χ0) is 13.7. The molecule has 0 bridgehead atoms. The number of carbonyl (C=O) groups excluding carboxylic acids is 1. The highest BCUT2D eigenvalue weighted by atomic mass is 16.6. The molecule has 1 aromatic carbocycles. The van der Waals surface area contributed by atoms with Crippen LogP contribution in [0.25, 0.3) is 0 Å². The summed E-state index contributed by atoms with van der Waals surface area (Å²) in [4.78, 5) is 31.6. The van der Waals surface area contributed by atoms with Crippen LogP contribution in [0.15, 0.2) is 30.4 Å². The molecule has 0 spiro atoms. The summed E-state index contributed by atoms with van der Waals surface area (Å²) in [6.07, 6.45) is 1.44. The number of nitrogens with zero attached hydrogens (tertiary/aromatic N) is 1. The normalized spacial score (nSPS) is 10.3. The number of aliphatic carboxylic acids is 1. The van der Waals surface area contributed by atoms with Crippen molar-refractivity contribution in [3.63, 3.8) is 0 Å². The fourth-order valence-corrected chi connectivity index (χ4v) is 1.23. The van der Waals surface area contributed by atoms with Gasteiger partial charge >= 0.3 is 5.97 Å². The summed E-state index contributed by atoms with van der Waals surface area (Å²) < 4.78 is 0. The van der Waals surface area contributed by atoms with E-state index in [4.69, 9.17) is 5.11 Å². The first kappa shape index (κ1) is 13.4. The Morgan fingerprint density at radius 3 is 2.61 bits per heavy atom. The number of aryl methyl sites for hydroxylation is 1. The number of nitro groups is 1. The van der Waals surface area contributed by atoms with Gasteiger partial charge in [-0.1, -0.05) is 6.07 Å². The quantitative estimate of drug-likeness (QED) is 0.477. The molecule has 1 aromatic rings. The first-order valence-corrected chi connectivity index (χ1v) is 4.87. The number of anilines is 1. The molecule has 0 fully saturated rings. The van der Waals surface area contributed by atoms with Crippen molar-refractivity contribution in [3.05, 3.63) is 46.0 Å². The van der Waals surface area contributed by atoms with E-state index in [1.807, 2.05) is 0 Å². The minimum Gasteiger partial charge on any atom is -0.478 e. The van der Waals surface area contributed by atoms with E-state index in [0.29, 0.717) is 6.08 Å². The summed E-state index contributed by atoms with van der Waals surface area (Å²) in [7, 11) is 0. The van der Waals surface area contributed by atoms with Crippen LogP contribution in [0.3, 0.4) is 0 Å². The van der Waals surface area contributed by atoms with Gasteiger partial charge in [-0.2, -0.15) is 0 Å². The van der Waals surface area contributed by atoms with Crippen LogP contribution in [0.1, 0.15) is 5.56 Å². The molecule has 0 aromatic heterocycles. The maximum absolute atomic E-state index is 11.3. The Hall–Kier alpha value is -2.70. The summed E-state index contributed by atoms with van der Waals surface area (Å²) in [5.74, 6) is -2.02. The second kappa shape index (κ2) is 5.58. The number of amides is 1. The molecule has 0 aliphatic rings. The molecule has 0 radical (unpaired) electrons. The minimum atomic E-state index is -1.27. The fourth-order valence-electron chi connectivity index (χ4n) is 1.23. The van der Waals surface area contributed by atoms with Crippen molar-refractivity contribution >= 4 is 23.3 Å². The third kappa shape index (κ3) is 3.71. The Morgan fingerprint density at radius 2 is 2.06 bits per heavy atom. The maximum atomic E-state index is 11.3. The van der Waals surface area contributed by atoms with Gasteiger partial charge in [-0.15, -0.1) is 0 Å². The van der Waals surface area contributed by atoms with Gasteiger partial charge in [0.15, 0.2) is 0 Å².